The van der Waals surface area contributed by atoms with Crippen molar-refractivity contribution in [1.82, 2.24) is 5.32 Å². The van der Waals surface area contributed by atoms with Crippen LogP contribution < -0.4 is 5.32 Å². The summed E-state index contributed by atoms with van der Waals surface area (Å²) in [6.45, 7) is 8.11. The molecule has 0 aromatic heterocycles. The van der Waals surface area contributed by atoms with Crippen LogP contribution in [0.5, 0.6) is 0 Å². The van der Waals surface area contributed by atoms with E-state index in [-0.39, 0.29) is 0 Å². The third kappa shape index (κ3) is 3.62. The van der Waals surface area contributed by atoms with E-state index in [0.717, 1.165) is 18.8 Å². The Balaban J connectivity index is 1.97. The van der Waals surface area contributed by atoms with Gasteiger partial charge in [0.15, 0.2) is 0 Å². The van der Waals surface area contributed by atoms with Crippen LogP contribution in [0.2, 0.25) is 0 Å². The first-order valence-corrected chi connectivity index (χ1v) is 7.27. The van der Waals surface area contributed by atoms with Crippen LogP contribution in [0.15, 0.2) is 59.5 Å². The minimum atomic E-state index is 0.914. The summed E-state index contributed by atoms with van der Waals surface area (Å²) in [5.41, 5.74) is 1.25. The van der Waals surface area contributed by atoms with Crippen LogP contribution >= 0.6 is 11.8 Å². The smallest absolute Gasteiger partial charge is 0.0200 e. The molecule has 0 radical (unpaired) electrons. The lowest BCUT2D eigenvalue weighted by Crippen LogP contribution is -2.16. The Kier molecular flexibility index (Phi) is 4.85. The van der Waals surface area contributed by atoms with Crippen molar-refractivity contribution in [3.05, 3.63) is 54.6 Å². The Hall–Kier alpha value is -1.25. The zero-order valence-electron chi connectivity index (χ0n) is 10.8. The summed E-state index contributed by atoms with van der Waals surface area (Å²) in [5, 5.41) is 5.91. The van der Waals surface area contributed by atoms with Crippen molar-refractivity contribution < 1.29 is 0 Å². The number of hydrogen-bond acceptors (Lipinski definition) is 2. The second kappa shape index (κ2) is 6.62. The lowest BCUT2D eigenvalue weighted by Gasteiger charge is -2.07. The molecule has 0 fully saturated rings. The zero-order chi connectivity index (χ0) is 12.8. The molecule has 2 rings (SSSR count). The van der Waals surface area contributed by atoms with Crippen LogP contribution in [0.4, 0.5) is 0 Å². The van der Waals surface area contributed by atoms with Crippen molar-refractivity contribution >= 4 is 22.5 Å². The van der Waals surface area contributed by atoms with E-state index in [2.05, 4.69) is 61.3 Å². The summed E-state index contributed by atoms with van der Waals surface area (Å²) in [4.78, 5) is 1.31. The number of likely N-dealkylation sites (N-methyl/N-ethyl adjacent to an activating group) is 1. The highest BCUT2D eigenvalue weighted by molar-refractivity contribution is 7.99. The van der Waals surface area contributed by atoms with E-state index in [1.807, 2.05) is 11.8 Å². The van der Waals surface area contributed by atoms with Gasteiger partial charge in [0, 0.05) is 17.2 Å². The fourth-order valence-corrected chi connectivity index (χ4v) is 2.64. The lowest BCUT2D eigenvalue weighted by atomic mass is 10.1. The molecule has 94 valence electrons. The molecule has 0 aliphatic carbocycles. The van der Waals surface area contributed by atoms with Gasteiger partial charge in [-0.15, -0.1) is 11.8 Å². The summed E-state index contributed by atoms with van der Waals surface area (Å²) >= 11 is 1.85. The van der Waals surface area contributed by atoms with E-state index in [1.54, 1.807) is 0 Å². The molecule has 0 unspecified atom stereocenters. The molecule has 0 amide bonds. The first-order valence-electron chi connectivity index (χ1n) is 6.28. The molecule has 1 N–H and O–H groups in total. The van der Waals surface area contributed by atoms with Crippen LogP contribution in [-0.2, 0) is 0 Å². The summed E-state index contributed by atoms with van der Waals surface area (Å²) in [6.07, 6.45) is 0. The SMILES string of the molecule is C=C(CNCC)CSc1ccc2ccccc2c1. The molecule has 2 heteroatoms. The van der Waals surface area contributed by atoms with Crippen molar-refractivity contribution in [2.24, 2.45) is 0 Å². The predicted molar refractivity (Wildman–Crippen MR) is 82.4 cm³/mol. The maximum Gasteiger partial charge on any atom is 0.0200 e. The van der Waals surface area contributed by atoms with Crippen molar-refractivity contribution in [2.75, 3.05) is 18.8 Å². The highest BCUT2D eigenvalue weighted by atomic mass is 32.2. The number of thioether (sulfide) groups is 1. The van der Waals surface area contributed by atoms with Crippen molar-refractivity contribution in [3.8, 4) is 0 Å². The van der Waals surface area contributed by atoms with Crippen LogP contribution in [0.3, 0.4) is 0 Å². The van der Waals surface area contributed by atoms with E-state index in [4.69, 9.17) is 0 Å². The largest absolute Gasteiger partial charge is 0.313 e. The standard InChI is InChI=1S/C16H19NS/c1-3-17-11-13(2)12-18-16-9-8-14-6-4-5-7-15(14)10-16/h4-10,17H,2-3,11-12H2,1H3. The molecular weight excluding hydrogens is 238 g/mol. The first kappa shape index (κ1) is 13.2. The van der Waals surface area contributed by atoms with E-state index >= 15 is 0 Å². The van der Waals surface area contributed by atoms with E-state index < -0.39 is 0 Å². The van der Waals surface area contributed by atoms with Crippen LogP contribution in [0.1, 0.15) is 6.92 Å². The molecule has 0 aliphatic rings. The molecule has 18 heavy (non-hydrogen) atoms. The number of hydrogen-bond donors (Lipinski definition) is 1. The van der Waals surface area contributed by atoms with Gasteiger partial charge in [-0.25, -0.2) is 0 Å². The van der Waals surface area contributed by atoms with Crippen LogP contribution in [0, 0.1) is 0 Å². The first-order chi connectivity index (χ1) is 8.79. The Morgan fingerprint density at radius 2 is 1.94 bits per heavy atom. The normalized spacial score (nSPS) is 10.7. The van der Waals surface area contributed by atoms with Crippen molar-refractivity contribution in [2.45, 2.75) is 11.8 Å². The van der Waals surface area contributed by atoms with Crippen LogP contribution in [-0.4, -0.2) is 18.8 Å². The number of nitrogens with one attached hydrogen (secondary N) is 1. The third-order valence-electron chi connectivity index (χ3n) is 2.79. The molecule has 0 atom stereocenters. The van der Waals surface area contributed by atoms with E-state index in [1.165, 1.54) is 21.2 Å². The second-order valence-electron chi connectivity index (χ2n) is 4.33. The fourth-order valence-electron chi connectivity index (χ4n) is 1.80. The van der Waals surface area contributed by atoms with E-state index in [0.29, 0.717) is 0 Å². The minimum absolute atomic E-state index is 0.914. The molecule has 0 spiro atoms. The number of rotatable bonds is 6. The molecule has 2 aromatic carbocycles. The molecule has 1 nitrogen and oxygen atoms in total. The lowest BCUT2D eigenvalue weighted by molar-refractivity contribution is 0.779. The van der Waals surface area contributed by atoms with Gasteiger partial charge in [0.25, 0.3) is 0 Å². The Labute approximate surface area is 113 Å². The van der Waals surface area contributed by atoms with Gasteiger partial charge in [-0.05, 0) is 29.4 Å². The van der Waals surface area contributed by atoms with Gasteiger partial charge in [-0.3, -0.25) is 0 Å². The van der Waals surface area contributed by atoms with Gasteiger partial charge in [0.05, 0.1) is 0 Å². The van der Waals surface area contributed by atoms with Gasteiger partial charge >= 0.3 is 0 Å². The highest BCUT2D eigenvalue weighted by Gasteiger charge is 1.99. The molecule has 0 aliphatic heterocycles. The van der Waals surface area contributed by atoms with Gasteiger partial charge in [-0.1, -0.05) is 49.4 Å². The second-order valence-corrected chi connectivity index (χ2v) is 5.38. The monoisotopic (exact) mass is 257 g/mol. The maximum atomic E-state index is 4.09. The average molecular weight is 257 g/mol. The molecule has 2 aromatic rings. The van der Waals surface area contributed by atoms with Gasteiger partial charge in [0.2, 0.25) is 0 Å². The molecule has 0 saturated heterocycles. The van der Waals surface area contributed by atoms with Crippen molar-refractivity contribution in [1.29, 1.82) is 0 Å². The number of benzene rings is 2. The van der Waals surface area contributed by atoms with Gasteiger partial charge < -0.3 is 5.32 Å². The minimum Gasteiger partial charge on any atom is -0.313 e. The highest BCUT2D eigenvalue weighted by Crippen LogP contribution is 2.24. The van der Waals surface area contributed by atoms with Crippen molar-refractivity contribution in [3.63, 3.8) is 0 Å². The molecule has 0 heterocycles. The molecule has 0 saturated carbocycles. The Morgan fingerprint density at radius 1 is 1.17 bits per heavy atom. The quantitative estimate of drug-likeness (QED) is 0.617. The van der Waals surface area contributed by atoms with Crippen LogP contribution in [0.25, 0.3) is 10.8 Å². The molecular formula is C16H19NS. The Bertz CT molecular complexity index is 533. The summed E-state index contributed by atoms with van der Waals surface area (Å²) in [5.74, 6) is 0.978. The van der Waals surface area contributed by atoms with Gasteiger partial charge in [0.1, 0.15) is 0 Å². The molecule has 0 bridgehead atoms. The summed E-state index contributed by atoms with van der Waals surface area (Å²) in [6, 6.07) is 15.1. The Morgan fingerprint density at radius 3 is 2.72 bits per heavy atom. The zero-order valence-corrected chi connectivity index (χ0v) is 11.6. The summed E-state index contributed by atoms with van der Waals surface area (Å²) in [7, 11) is 0. The predicted octanol–water partition coefficient (Wildman–Crippen LogP) is 4.10. The van der Waals surface area contributed by atoms with E-state index in [9.17, 15) is 0 Å². The summed E-state index contributed by atoms with van der Waals surface area (Å²) < 4.78 is 0. The third-order valence-corrected chi connectivity index (χ3v) is 3.93. The topological polar surface area (TPSA) is 12.0 Å². The maximum absolute atomic E-state index is 4.09. The van der Waals surface area contributed by atoms with Gasteiger partial charge in [-0.2, -0.15) is 0 Å². The fraction of sp³-hybridized carbons (Fsp3) is 0.250. The average Bonchev–Trinajstić information content (AvgIpc) is 2.42. The number of fused-ring (bicyclic) bond motifs is 1.